The van der Waals surface area contributed by atoms with E-state index in [0.29, 0.717) is 19.0 Å². The van der Waals surface area contributed by atoms with Crippen molar-refractivity contribution < 1.29 is 18.8 Å². The maximum atomic E-state index is 13.4. The van der Waals surface area contributed by atoms with Crippen LogP contribution in [-0.4, -0.2) is 35.1 Å². The first-order chi connectivity index (χ1) is 9.47. The molecule has 0 aromatic heterocycles. The third-order valence-electron chi connectivity index (χ3n) is 2.43. The van der Waals surface area contributed by atoms with E-state index in [2.05, 4.69) is 10.5 Å². The van der Waals surface area contributed by atoms with Crippen LogP contribution >= 0.6 is 0 Å². The number of benzene rings is 1. The van der Waals surface area contributed by atoms with Crippen LogP contribution in [0.4, 0.5) is 19.3 Å². The minimum absolute atomic E-state index is 0.0982. The summed E-state index contributed by atoms with van der Waals surface area (Å²) in [6.45, 7) is 2.08. The minimum Gasteiger partial charge on any atom is -0.409 e. The van der Waals surface area contributed by atoms with Crippen LogP contribution in [0.2, 0.25) is 0 Å². The molecule has 0 aliphatic rings. The van der Waals surface area contributed by atoms with Gasteiger partial charge in [-0.25, -0.2) is 13.6 Å². The van der Waals surface area contributed by atoms with Gasteiger partial charge in [-0.3, -0.25) is 0 Å². The highest BCUT2D eigenvalue weighted by atomic mass is 19.1. The van der Waals surface area contributed by atoms with Crippen molar-refractivity contribution in [3.63, 3.8) is 0 Å². The van der Waals surface area contributed by atoms with Gasteiger partial charge in [0.2, 0.25) is 0 Å². The molecular weight excluding hydrogens is 270 g/mol. The molecule has 1 rings (SSSR count). The summed E-state index contributed by atoms with van der Waals surface area (Å²) in [5.74, 6) is -1.76. The lowest BCUT2D eigenvalue weighted by Crippen LogP contribution is -2.41. The third-order valence-corrected chi connectivity index (χ3v) is 2.43. The summed E-state index contributed by atoms with van der Waals surface area (Å²) in [7, 11) is 0. The molecule has 0 unspecified atom stereocenters. The first-order valence-electron chi connectivity index (χ1n) is 5.95. The van der Waals surface area contributed by atoms with Gasteiger partial charge >= 0.3 is 6.03 Å². The Hall–Kier alpha value is -2.38. The summed E-state index contributed by atoms with van der Waals surface area (Å²) < 4.78 is 26.2. The normalized spacial score (nSPS) is 11.2. The number of hydrogen-bond acceptors (Lipinski definition) is 3. The Morgan fingerprint density at radius 1 is 1.50 bits per heavy atom. The molecule has 0 fully saturated rings. The first kappa shape index (κ1) is 15.7. The lowest BCUT2D eigenvalue weighted by molar-refractivity contribution is 0.217. The highest BCUT2D eigenvalue weighted by Gasteiger charge is 2.16. The third kappa shape index (κ3) is 4.38. The molecule has 2 amide bonds. The van der Waals surface area contributed by atoms with Crippen LogP contribution in [0.25, 0.3) is 0 Å². The number of oxime groups is 1. The number of amidine groups is 1. The Morgan fingerprint density at radius 3 is 2.75 bits per heavy atom. The van der Waals surface area contributed by atoms with Gasteiger partial charge in [-0.1, -0.05) is 12.1 Å². The van der Waals surface area contributed by atoms with E-state index < -0.39 is 17.7 Å². The molecule has 8 heteroatoms. The molecule has 0 radical (unpaired) electrons. The van der Waals surface area contributed by atoms with Crippen molar-refractivity contribution in [3.8, 4) is 0 Å². The van der Waals surface area contributed by atoms with Crippen LogP contribution in [0.5, 0.6) is 0 Å². The number of carbonyl (C=O) groups excluding carboxylic acids is 1. The number of anilines is 1. The van der Waals surface area contributed by atoms with Crippen LogP contribution in [0.3, 0.4) is 0 Å². The highest BCUT2D eigenvalue weighted by molar-refractivity contribution is 5.93. The van der Waals surface area contributed by atoms with Gasteiger partial charge < -0.3 is 21.2 Å². The Balaban J connectivity index is 2.79. The average molecular weight is 286 g/mol. The fraction of sp³-hybridized carbons (Fsp3) is 0.333. The molecule has 4 N–H and O–H groups in total. The van der Waals surface area contributed by atoms with Gasteiger partial charge in [-0.15, -0.1) is 0 Å². The lowest BCUT2D eigenvalue weighted by Gasteiger charge is -2.21. The zero-order valence-corrected chi connectivity index (χ0v) is 10.9. The maximum Gasteiger partial charge on any atom is 0.322 e. The van der Waals surface area contributed by atoms with E-state index in [1.54, 1.807) is 0 Å². The van der Waals surface area contributed by atoms with Gasteiger partial charge in [0.25, 0.3) is 0 Å². The number of urea groups is 1. The van der Waals surface area contributed by atoms with Gasteiger partial charge in [0.05, 0.1) is 12.2 Å². The summed E-state index contributed by atoms with van der Waals surface area (Å²) in [6.07, 6.45) is 0.637. The molecule has 0 bridgehead atoms. The van der Waals surface area contributed by atoms with Gasteiger partial charge in [0.1, 0.15) is 11.6 Å². The molecule has 110 valence electrons. The predicted molar refractivity (Wildman–Crippen MR) is 70.6 cm³/mol. The summed E-state index contributed by atoms with van der Waals surface area (Å²) >= 11 is 0. The molecule has 0 atom stereocenters. The highest BCUT2D eigenvalue weighted by Crippen LogP contribution is 2.15. The predicted octanol–water partition coefficient (Wildman–Crippen LogP) is 1.96. The number of rotatable bonds is 5. The molecule has 6 nitrogen and oxygen atoms in total. The standard InChI is InChI=1S/C12H16F2N4O2/c1-2-5-18(7-11(15)17-20)12(19)16-10-4-3-8(13)6-9(10)14/h3-4,6,20H,2,5,7H2,1H3,(H2,15,17)(H,16,19). The Morgan fingerprint density at radius 2 is 2.20 bits per heavy atom. The van der Waals surface area contributed by atoms with E-state index in [0.717, 1.165) is 12.1 Å². The zero-order valence-electron chi connectivity index (χ0n) is 10.9. The van der Waals surface area contributed by atoms with E-state index in [9.17, 15) is 13.6 Å². The number of nitrogens with zero attached hydrogens (tertiary/aromatic N) is 2. The first-order valence-corrected chi connectivity index (χ1v) is 5.95. The molecule has 0 saturated heterocycles. The topological polar surface area (TPSA) is 90.9 Å². The lowest BCUT2D eigenvalue weighted by atomic mass is 10.3. The average Bonchev–Trinajstić information content (AvgIpc) is 2.41. The van der Waals surface area contributed by atoms with Crippen molar-refractivity contribution in [2.24, 2.45) is 10.9 Å². The summed E-state index contributed by atoms with van der Waals surface area (Å²) in [5, 5.41) is 13.6. The molecule has 1 aromatic carbocycles. The minimum atomic E-state index is -0.876. The molecule has 0 spiro atoms. The number of nitrogens with one attached hydrogen (secondary N) is 1. The van der Waals surface area contributed by atoms with E-state index >= 15 is 0 Å². The zero-order chi connectivity index (χ0) is 15.1. The van der Waals surface area contributed by atoms with Crippen LogP contribution < -0.4 is 11.1 Å². The van der Waals surface area contributed by atoms with E-state index in [1.165, 1.54) is 4.90 Å². The molecule has 0 heterocycles. The van der Waals surface area contributed by atoms with Crippen molar-refractivity contribution in [1.29, 1.82) is 0 Å². The van der Waals surface area contributed by atoms with Crippen LogP contribution in [0.1, 0.15) is 13.3 Å². The van der Waals surface area contributed by atoms with Gasteiger partial charge in [0.15, 0.2) is 5.84 Å². The van der Waals surface area contributed by atoms with Crippen molar-refractivity contribution >= 4 is 17.6 Å². The second-order valence-corrected chi connectivity index (χ2v) is 4.07. The quantitative estimate of drug-likeness (QED) is 0.334. The largest absolute Gasteiger partial charge is 0.409 e. The molecule has 20 heavy (non-hydrogen) atoms. The number of carbonyl (C=O) groups is 1. The van der Waals surface area contributed by atoms with Crippen molar-refractivity contribution in [3.05, 3.63) is 29.8 Å². The van der Waals surface area contributed by atoms with Crippen molar-refractivity contribution in [1.82, 2.24) is 4.90 Å². The smallest absolute Gasteiger partial charge is 0.322 e. The van der Waals surface area contributed by atoms with E-state index in [4.69, 9.17) is 10.9 Å². The van der Waals surface area contributed by atoms with Crippen LogP contribution in [-0.2, 0) is 0 Å². The summed E-state index contributed by atoms with van der Waals surface area (Å²) in [6, 6.07) is 2.20. The van der Waals surface area contributed by atoms with E-state index in [1.807, 2.05) is 6.92 Å². The van der Waals surface area contributed by atoms with Gasteiger partial charge in [-0.05, 0) is 18.6 Å². The van der Waals surface area contributed by atoms with Crippen molar-refractivity contribution in [2.75, 3.05) is 18.4 Å². The Kier molecular flexibility index (Phi) is 5.70. The second-order valence-electron chi connectivity index (χ2n) is 4.07. The fourth-order valence-electron chi connectivity index (χ4n) is 1.53. The Bertz CT molecular complexity index is 508. The van der Waals surface area contributed by atoms with Crippen LogP contribution in [0, 0.1) is 11.6 Å². The molecule has 1 aromatic rings. The van der Waals surface area contributed by atoms with E-state index in [-0.39, 0.29) is 18.1 Å². The van der Waals surface area contributed by atoms with Gasteiger partial charge in [0, 0.05) is 12.6 Å². The molecule has 0 saturated carbocycles. The monoisotopic (exact) mass is 286 g/mol. The van der Waals surface area contributed by atoms with Gasteiger partial charge in [-0.2, -0.15) is 0 Å². The van der Waals surface area contributed by atoms with Crippen LogP contribution in [0.15, 0.2) is 23.4 Å². The Labute approximate surface area is 114 Å². The molecule has 0 aliphatic heterocycles. The number of nitrogens with two attached hydrogens (primary N) is 1. The fourth-order valence-corrected chi connectivity index (χ4v) is 1.53. The summed E-state index contributed by atoms with van der Waals surface area (Å²) in [5.41, 5.74) is 5.20. The van der Waals surface area contributed by atoms with Crippen molar-refractivity contribution in [2.45, 2.75) is 13.3 Å². The molecule has 0 aliphatic carbocycles. The molecular formula is C12H16F2N4O2. The number of amides is 2. The number of halogens is 2. The number of hydrogen-bond donors (Lipinski definition) is 3. The SMILES string of the molecule is CCCN(CC(N)=NO)C(=O)Nc1ccc(F)cc1F. The maximum absolute atomic E-state index is 13.4. The second kappa shape index (κ2) is 7.27. The summed E-state index contributed by atoms with van der Waals surface area (Å²) in [4.78, 5) is 13.2.